The van der Waals surface area contributed by atoms with Gasteiger partial charge in [0, 0.05) is 23.7 Å². The molecular weight excluding hydrogens is 258 g/mol. The first-order valence-corrected chi connectivity index (χ1v) is 7.59. The molecule has 19 heavy (non-hydrogen) atoms. The van der Waals surface area contributed by atoms with Crippen LogP contribution in [-0.2, 0) is 4.74 Å². The highest BCUT2D eigenvalue weighted by molar-refractivity contribution is 6.31. The van der Waals surface area contributed by atoms with Crippen LogP contribution in [0.4, 0.5) is 0 Å². The molecule has 0 aliphatic rings. The van der Waals surface area contributed by atoms with Crippen molar-refractivity contribution in [1.29, 1.82) is 0 Å². The van der Waals surface area contributed by atoms with E-state index < -0.39 is 0 Å². The molecule has 1 atom stereocenters. The van der Waals surface area contributed by atoms with E-state index in [1.165, 1.54) is 0 Å². The standard InChI is InChI=1S/C16H26ClNO/c1-4-10-18-12-16(19-11-9-13(2)3)14-7-5-6-8-15(14)17/h5-8,13,16,18H,4,9-12H2,1-3H3. The topological polar surface area (TPSA) is 21.3 Å². The van der Waals surface area contributed by atoms with Crippen molar-refractivity contribution >= 4 is 11.6 Å². The maximum atomic E-state index is 6.27. The number of rotatable bonds is 9. The van der Waals surface area contributed by atoms with Gasteiger partial charge in [-0.05, 0) is 31.4 Å². The van der Waals surface area contributed by atoms with Crippen LogP contribution in [0.1, 0.15) is 45.3 Å². The van der Waals surface area contributed by atoms with E-state index in [2.05, 4.69) is 32.2 Å². The molecule has 0 aliphatic heterocycles. The molecule has 1 aromatic rings. The lowest BCUT2D eigenvalue weighted by Crippen LogP contribution is -2.24. The van der Waals surface area contributed by atoms with Crippen molar-refractivity contribution in [2.45, 2.75) is 39.7 Å². The third kappa shape index (κ3) is 6.42. The SMILES string of the molecule is CCCNCC(OCCC(C)C)c1ccccc1Cl. The summed E-state index contributed by atoms with van der Waals surface area (Å²) in [7, 11) is 0. The molecule has 1 aromatic carbocycles. The number of nitrogens with one attached hydrogen (secondary N) is 1. The van der Waals surface area contributed by atoms with Crippen LogP contribution in [-0.4, -0.2) is 19.7 Å². The summed E-state index contributed by atoms with van der Waals surface area (Å²) in [4.78, 5) is 0. The van der Waals surface area contributed by atoms with Crippen molar-refractivity contribution in [3.8, 4) is 0 Å². The van der Waals surface area contributed by atoms with Crippen molar-refractivity contribution in [3.05, 3.63) is 34.9 Å². The Morgan fingerprint density at radius 3 is 2.63 bits per heavy atom. The molecule has 0 bridgehead atoms. The highest BCUT2D eigenvalue weighted by Crippen LogP contribution is 2.25. The Bertz CT molecular complexity index is 354. The second kappa shape index (κ2) is 9.35. The molecule has 0 spiro atoms. The number of halogens is 1. The minimum absolute atomic E-state index is 0.0407. The van der Waals surface area contributed by atoms with Crippen LogP contribution in [0.5, 0.6) is 0 Å². The zero-order chi connectivity index (χ0) is 14.1. The lowest BCUT2D eigenvalue weighted by atomic mass is 10.1. The van der Waals surface area contributed by atoms with Crippen molar-refractivity contribution in [2.24, 2.45) is 5.92 Å². The van der Waals surface area contributed by atoms with Crippen molar-refractivity contribution in [2.75, 3.05) is 19.7 Å². The van der Waals surface area contributed by atoms with Gasteiger partial charge in [0.25, 0.3) is 0 Å². The quantitative estimate of drug-likeness (QED) is 0.676. The zero-order valence-corrected chi connectivity index (χ0v) is 13.0. The summed E-state index contributed by atoms with van der Waals surface area (Å²) in [5, 5.41) is 4.20. The average molecular weight is 284 g/mol. The average Bonchev–Trinajstić information content (AvgIpc) is 2.37. The maximum absolute atomic E-state index is 6.27. The third-order valence-corrected chi connectivity index (χ3v) is 3.37. The maximum Gasteiger partial charge on any atom is 0.0963 e. The van der Waals surface area contributed by atoms with Gasteiger partial charge in [0.15, 0.2) is 0 Å². The Hall–Kier alpha value is -0.570. The third-order valence-electron chi connectivity index (χ3n) is 3.02. The Morgan fingerprint density at radius 1 is 1.26 bits per heavy atom. The van der Waals surface area contributed by atoms with E-state index >= 15 is 0 Å². The van der Waals surface area contributed by atoms with Gasteiger partial charge in [-0.1, -0.05) is 50.6 Å². The van der Waals surface area contributed by atoms with E-state index in [9.17, 15) is 0 Å². The fraction of sp³-hybridized carbons (Fsp3) is 0.625. The fourth-order valence-corrected chi connectivity index (χ4v) is 2.11. The Kier molecular flexibility index (Phi) is 8.11. The van der Waals surface area contributed by atoms with E-state index in [-0.39, 0.29) is 6.10 Å². The molecule has 2 nitrogen and oxygen atoms in total. The molecular formula is C16H26ClNO. The van der Waals surface area contributed by atoms with Gasteiger partial charge in [-0.15, -0.1) is 0 Å². The number of hydrogen-bond donors (Lipinski definition) is 1. The molecule has 0 amide bonds. The van der Waals surface area contributed by atoms with E-state index in [1.807, 2.05) is 18.2 Å². The van der Waals surface area contributed by atoms with E-state index in [4.69, 9.17) is 16.3 Å². The van der Waals surface area contributed by atoms with Gasteiger partial charge in [0.1, 0.15) is 0 Å². The normalized spacial score (nSPS) is 12.9. The van der Waals surface area contributed by atoms with Crippen molar-refractivity contribution in [1.82, 2.24) is 5.32 Å². The van der Waals surface area contributed by atoms with Crippen LogP contribution < -0.4 is 5.32 Å². The van der Waals surface area contributed by atoms with Crippen LogP contribution in [0.2, 0.25) is 5.02 Å². The molecule has 1 N–H and O–H groups in total. The second-order valence-corrected chi connectivity index (χ2v) is 5.67. The first-order chi connectivity index (χ1) is 9.15. The Morgan fingerprint density at radius 2 is 2.00 bits per heavy atom. The molecule has 0 fully saturated rings. The van der Waals surface area contributed by atoms with Crippen LogP contribution in [0.25, 0.3) is 0 Å². The van der Waals surface area contributed by atoms with E-state index in [1.54, 1.807) is 0 Å². The smallest absolute Gasteiger partial charge is 0.0963 e. The minimum atomic E-state index is 0.0407. The Balaban J connectivity index is 2.60. The molecule has 0 aromatic heterocycles. The van der Waals surface area contributed by atoms with E-state index in [0.717, 1.165) is 43.1 Å². The first kappa shape index (κ1) is 16.5. The van der Waals surface area contributed by atoms with Gasteiger partial charge in [0.2, 0.25) is 0 Å². The van der Waals surface area contributed by atoms with Crippen LogP contribution in [0.15, 0.2) is 24.3 Å². The van der Waals surface area contributed by atoms with Crippen molar-refractivity contribution < 1.29 is 4.74 Å². The summed E-state index contributed by atoms with van der Waals surface area (Å²) in [6.07, 6.45) is 2.25. The minimum Gasteiger partial charge on any atom is -0.372 e. The van der Waals surface area contributed by atoms with Crippen LogP contribution >= 0.6 is 11.6 Å². The van der Waals surface area contributed by atoms with Crippen LogP contribution in [0, 0.1) is 5.92 Å². The lowest BCUT2D eigenvalue weighted by molar-refractivity contribution is 0.0459. The lowest BCUT2D eigenvalue weighted by Gasteiger charge is -2.20. The first-order valence-electron chi connectivity index (χ1n) is 7.21. The predicted octanol–water partition coefficient (Wildman–Crippen LogP) is 4.44. The summed E-state index contributed by atoms with van der Waals surface area (Å²) < 4.78 is 6.02. The summed E-state index contributed by atoms with van der Waals surface area (Å²) in [6.45, 7) is 9.19. The zero-order valence-electron chi connectivity index (χ0n) is 12.3. The van der Waals surface area contributed by atoms with Gasteiger partial charge in [-0.25, -0.2) is 0 Å². The Labute approximate surface area is 122 Å². The predicted molar refractivity (Wildman–Crippen MR) is 82.8 cm³/mol. The van der Waals surface area contributed by atoms with Gasteiger partial charge in [-0.2, -0.15) is 0 Å². The molecule has 1 rings (SSSR count). The summed E-state index contributed by atoms with van der Waals surface area (Å²) >= 11 is 6.27. The largest absolute Gasteiger partial charge is 0.372 e. The van der Waals surface area contributed by atoms with Crippen LogP contribution in [0.3, 0.4) is 0 Å². The van der Waals surface area contributed by atoms with Crippen molar-refractivity contribution in [3.63, 3.8) is 0 Å². The molecule has 1 unspecified atom stereocenters. The molecule has 0 radical (unpaired) electrons. The monoisotopic (exact) mass is 283 g/mol. The number of hydrogen-bond acceptors (Lipinski definition) is 2. The van der Waals surface area contributed by atoms with Gasteiger partial charge in [-0.3, -0.25) is 0 Å². The molecule has 0 heterocycles. The van der Waals surface area contributed by atoms with Gasteiger partial charge in [0.05, 0.1) is 6.10 Å². The highest BCUT2D eigenvalue weighted by Gasteiger charge is 2.14. The summed E-state index contributed by atoms with van der Waals surface area (Å²) in [6, 6.07) is 7.95. The van der Waals surface area contributed by atoms with Gasteiger partial charge >= 0.3 is 0 Å². The second-order valence-electron chi connectivity index (χ2n) is 5.27. The molecule has 0 saturated carbocycles. The molecule has 3 heteroatoms. The highest BCUT2D eigenvalue weighted by atomic mass is 35.5. The van der Waals surface area contributed by atoms with Gasteiger partial charge < -0.3 is 10.1 Å². The molecule has 0 saturated heterocycles. The number of benzene rings is 1. The number of ether oxygens (including phenoxy) is 1. The summed E-state index contributed by atoms with van der Waals surface area (Å²) in [5.74, 6) is 0.662. The molecule has 0 aliphatic carbocycles. The van der Waals surface area contributed by atoms with E-state index in [0.29, 0.717) is 5.92 Å². The molecule has 108 valence electrons. The summed E-state index contributed by atoms with van der Waals surface area (Å²) in [5.41, 5.74) is 1.08. The fourth-order valence-electron chi connectivity index (χ4n) is 1.85.